The van der Waals surface area contributed by atoms with Gasteiger partial charge in [0.2, 0.25) is 0 Å². The van der Waals surface area contributed by atoms with E-state index in [0.29, 0.717) is 12.8 Å². The zero-order valence-electron chi connectivity index (χ0n) is 13.7. The Balaban J connectivity index is -0.00000180. The third-order valence-corrected chi connectivity index (χ3v) is 4.55. The van der Waals surface area contributed by atoms with Crippen molar-refractivity contribution in [3.8, 4) is 0 Å². The Hall–Kier alpha value is -0.150. The fourth-order valence-corrected chi connectivity index (χ4v) is 3.10. The predicted octanol–water partition coefficient (Wildman–Crippen LogP) is -1.25. The van der Waals surface area contributed by atoms with Crippen LogP contribution in [-0.2, 0) is 19.7 Å². The predicted molar refractivity (Wildman–Crippen MR) is 73.1 cm³/mol. The van der Waals surface area contributed by atoms with Gasteiger partial charge >= 0.3 is 41.5 Å². The first-order chi connectivity index (χ1) is 9.15. The molecule has 0 rings (SSSR count). The molecule has 3 N–H and O–H groups in total. The number of carbonyl (C=O) groups is 2. The molecule has 0 amide bonds. The van der Waals surface area contributed by atoms with Gasteiger partial charge in [-0.15, -0.1) is 0 Å². The molecule has 7 nitrogen and oxygen atoms in total. The second-order valence-corrected chi connectivity index (χ2v) is 6.41. The molecule has 0 spiro atoms. The molecule has 0 saturated heterocycles. The maximum Gasteiger partial charge on any atom is 1.00 e. The van der Waals surface area contributed by atoms with E-state index in [1.165, 1.54) is 0 Å². The quantitative estimate of drug-likeness (QED) is 0.336. The first-order valence-corrected chi connectivity index (χ1v) is 8.07. The first-order valence-electron chi connectivity index (χ1n) is 6.56. The third-order valence-electron chi connectivity index (χ3n) is 3.38. The monoisotopic (exact) mass is 334 g/mol. The molecular formula is C12H23NaO7S. The Morgan fingerprint density at radius 1 is 1.14 bits per heavy atom. The summed E-state index contributed by atoms with van der Waals surface area (Å²) in [6, 6.07) is 0. The van der Waals surface area contributed by atoms with Crippen molar-refractivity contribution in [1.29, 1.82) is 0 Å². The van der Waals surface area contributed by atoms with E-state index in [1.54, 1.807) is 0 Å². The number of unbranched alkanes of at least 4 members (excludes halogenated alkanes) is 1. The van der Waals surface area contributed by atoms with E-state index < -0.39 is 33.2 Å². The second-order valence-electron chi connectivity index (χ2n) is 4.87. The van der Waals surface area contributed by atoms with Gasteiger partial charge in [-0.1, -0.05) is 39.5 Å². The van der Waals surface area contributed by atoms with Gasteiger partial charge in [-0.3, -0.25) is 14.1 Å². The SMILES string of the molecule is CCCCC(CC)CC(C(=O)O)C(C(=O)O)S(=O)(=O)O.[H-].[Na+]. The summed E-state index contributed by atoms with van der Waals surface area (Å²) in [6.45, 7) is 3.81. The molecule has 0 bridgehead atoms. The van der Waals surface area contributed by atoms with Gasteiger partial charge in [0.05, 0.1) is 5.92 Å². The standard InChI is InChI=1S/C12H22O7S.Na.H/c1-3-5-6-8(4-2)7-9(11(13)14)10(12(15)16)20(17,18)19;;/h8-10H,3-7H2,1-2H3,(H,13,14)(H,15,16)(H,17,18,19);;/q;+1;-1. The van der Waals surface area contributed by atoms with E-state index in [-0.39, 0.29) is 43.3 Å². The van der Waals surface area contributed by atoms with Gasteiger partial charge in [0, 0.05) is 0 Å². The minimum Gasteiger partial charge on any atom is -1.00 e. The van der Waals surface area contributed by atoms with E-state index in [4.69, 9.17) is 14.8 Å². The van der Waals surface area contributed by atoms with Crippen LogP contribution in [-0.4, -0.2) is 40.4 Å². The maximum atomic E-state index is 11.2. The van der Waals surface area contributed by atoms with E-state index in [9.17, 15) is 18.0 Å². The van der Waals surface area contributed by atoms with Gasteiger partial charge in [0.15, 0.2) is 5.25 Å². The molecule has 0 aliphatic heterocycles. The zero-order valence-corrected chi connectivity index (χ0v) is 15.5. The number of hydrogen-bond acceptors (Lipinski definition) is 4. The van der Waals surface area contributed by atoms with Gasteiger partial charge in [-0.05, 0) is 12.3 Å². The van der Waals surface area contributed by atoms with Crippen LogP contribution in [0.2, 0.25) is 0 Å². The Morgan fingerprint density at radius 2 is 1.67 bits per heavy atom. The van der Waals surface area contributed by atoms with Gasteiger partial charge < -0.3 is 11.6 Å². The van der Waals surface area contributed by atoms with Crippen LogP contribution in [0.1, 0.15) is 47.4 Å². The molecule has 0 aromatic carbocycles. The molecule has 0 heterocycles. The summed E-state index contributed by atoms with van der Waals surface area (Å²) in [4.78, 5) is 22.2. The Morgan fingerprint density at radius 3 is 1.95 bits per heavy atom. The molecule has 0 saturated carbocycles. The number of carboxylic acids is 2. The second kappa shape index (κ2) is 10.6. The molecule has 3 unspecified atom stereocenters. The van der Waals surface area contributed by atoms with Crippen LogP contribution in [0.3, 0.4) is 0 Å². The van der Waals surface area contributed by atoms with Crippen LogP contribution in [0, 0.1) is 11.8 Å². The fourth-order valence-electron chi connectivity index (χ4n) is 2.20. The molecule has 0 aromatic rings. The molecule has 0 fully saturated rings. The summed E-state index contributed by atoms with van der Waals surface area (Å²) in [5.74, 6) is -5.10. The van der Waals surface area contributed by atoms with E-state index in [1.807, 2.05) is 13.8 Å². The van der Waals surface area contributed by atoms with Crippen molar-refractivity contribution in [3.05, 3.63) is 0 Å². The molecule has 0 aliphatic carbocycles. The van der Waals surface area contributed by atoms with Crippen LogP contribution in [0.5, 0.6) is 0 Å². The zero-order chi connectivity index (χ0) is 15.9. The van der Waals surface area contributed by atoms with Crippen LogP contribution in [0.4, 0.5) is 0 Å². The van der Waals surface area contributed by atoms with Crippen LogP contribution in [0.15, 0.2) is 0 Å². The fraction of sp³-hybridized carbons (Fsp3) is 0.833. The average Bonchev–Trinajstić information content (AvgIpc) is 2.30. The van der Waals surface area contributed by atoms with Crippen molar-refractivity contribution in [2.45, 2.75) is 51.2 Å². The number of hydrogen-bond donors (Lipinski definition) is 3. The molecule has 0 radical (unpaired) electrons. The minimum absolute atomic E-state index is 0. The third kappa shape index (κ3) is 8.15. The molecule has 120 valence electrons. The normalized spacial score (nSPS) is 15.6. The summed E-state index contributed by atoms with van der Waals surface area (Å²) in [6.07, 6.45) is 3.02. The Labute approximate surface area is 148 Å². The number of rotatable bonds is 10. The van der Waals surface area contributed by atoms with Crippen LogP contribution < -0.4 is 29.6 Å². The summed E-state index contributed by atoms with van der Waals surface area (Å²) in [5, 5.41) is 15.7. The average molecular weight is 334 g/mol. The Kier molecular flexibility index (Phi) is 11.6. The summed E-state index contributed by atoms with van der Waals surface area (Å²) in [5.41, 5.74) is 0. The first kappa shape index (κ1) is 23.1. The van der Waals surface area contributed by atoms with Crippen LogP contribution in [0.25, 0.3) is 0 Å². The molecular weight excluding hydrogens is 311 g/mol. The van der Waals surface area contributed by atoms with E-state index >= 15 is 0 Å². The molecule has 3 atom stereocenters. The van der Waals surface area contributed by atoms with Gasteiger partial charge in [0.1, 0.15) is 0 Å². The smallest absolute Gasteiger partial charge is 1.00 e. The van der Waals surface area contributed by atoms with Crippen molar-refractivity contribution in [3.63, 3.8) is 0 Å². The van der Waals surface area contributed by atoms with Crippen molar-refractivity contribution in [2.75, 3.05) is 0 Å². The van der Waals surface area contributed by atoms with Gasteiger partial charge in [0.25, 0.3) is 10.1 Å². The van der Waals surface area contributed by atoms with Crippen LogP contribution >= 0.6 is 0 Å². The largest absolute Gasteiger partial charge is 1.00 e. The maximum absolute atomic E-state index is 11.2. The molecule has 21 heavy (non-hydrogen) atoms. The van der Waals surface area contributed by atoms with Crippen molar-refractivity contribution < 1.29 is 63.8 Å². The van der Waals surface area contributed by atoms with Crippen molar-refractivity contribution in [2.24, 2.45) is 11.8 Å². The number of carboxylic acid groups (broad SMARTS) is 2. The molecule has 0 aromatic heterocycles. The molecule has 9 heteroatoms. The summed E-state index contributed by atoms with van der Waals surface area (Å²) in [7, 11) is -4.96. The Bertz CT molecular complexity index is 441. The number of aliphatic carboxylic acids is 2. The van der Waals surface area contributed by atoms with Crippen molar-refractivity contribution in [1.82, 2.24) is 0 Å². The van der Waals surface area contributed by atoms with Gasteiger partial charge in [-0.25, -0.2) is 0 Å². The van der Waals surface area contributed by atoms with Crippen molar-refractivity contribution >= 4 is 22.1 Å². The summed E-state index contributed by atoms with van der Waals surface area (Å²) >= 11 is 0. The topological polar surface area (TPSA) is 129 Å². The van der Waals surface area contributed by atoms with E-state index in [2.05, 4.69) is 0 Å². The molecule has 0 aliphatic rings. The van der Waals surface area contributed by atoms with E-state index in [0.717, 1.165) is 12.8 Å². The minimum atomic E-state index is -4.96. The summed E-state index contributed by atoms with van der Waals surface area (Å²) < 4.78 is 31.2. The van der Waals surface area contributed by atoms with Gasteiger partial charge in [-0.2, -0.15) is 8.42 Å².